The zero-order chi connectivity index (χ0) is 14.1. The molecular weight excluding hydrogens is 496 g/mol. The van der Waals surface area contributed by atoms with Crippen molar-refractivity contribution in [3.63, 3.8) is 0 Å². The standard InChI is InChI=1S/C14H22I2N3O2/c20-11(13(15-17-13)14-16(18-14)19-14)21-12(8-4-5-9-12)10-6-2-1-3-7-10/h10,17-19H,1-9H2/q-1. The van der Waals surface area contributed by atoms with Gasteiger partial charge in [0.05, 0.1) is 0 Å². The Morgan fingerprint density at radius 2 is 1.71 bits per heavy atom. The molecule has 1 atom stereocenters. The molecule has 0 aromatic heterocycles. The molecule has 0 radical (unpaired) electrons. The van der Waals surface area contributed by atoms with Gasteiger partial charge in [0.2, 0.25) is 0 Å². The van der Waals surface area contributed by atoms with Crippen molar-refractivity contribution in [2.75, 3.05) is 0 Å². The third kappa shape index (κ3) is 1.99. The summed E-state index contributed by atoms with van der Waals surface area (Å²) in [6.45, 7) is 0. The van der Waals surface area contributed by atoms with Gasteiger partial charge in [0.15, 0.2) is 0 Å². The van der Waals surface area contributed by atoms with Crippen LogP contribution in [-0.2, 0) is 9.53 Å². The zero-order valence-corrected chi connectivity index (χ0v) is 16.3. The first-order valence-corrected chi connectivity index (χ1v) is 13.5. The zero-order valence-electron chi connectivity index (χ0n) is 12.0. The molecule has 0 bridgehead atoms. The van der Waals surface area contributed by atoms with E-state index in [9.17, 15) is 4.79 Å². The van der Waals surface area contributed by atoms with E-state index in [0.717, 1.165) is 12.8 Å². The van der Waals surface area contributed by atoms with E-state index in [1.165, 1.54) is 44.9 Å². The van der Waals surface area contributed by atoms with Crippen LogP contribution in [0.4, 0.5) is 0 Å². The number of carbonyl (C=O) groups excluding carboxylic acids is 1. The van der Waals surface area contributed by atoms with Gasteiger partial charge in [-0.1, -0.05) is 0 Å². The first kappa shape index (κ1) is 14.2. The van der Waals surface area contributed by atoms with Crippen LogP contribution in [0.5, 0.6) is 0 Å². The van der Waals surface area contributed by atoms with Crippen LogP contribution in [0, 0.1) is 5.92 Å². The molecule has 3 N–H and O–H groups in total. The summed E-state index contributed by atoms with van der Waals surface area (Å²) in [5.74, 6) is 0.707. The van der Waals surface area contributed by atoms with Crippen LogP contribution in [0.1, 0.15) is 57.8 Å². The van der Waals surface area contributed by atoms with E-state index < -0.39 is 20.4 Å². The van der Waals surface area contributed by atoms with Gasteiger partial charge in [-0.3, -0.25) is 0 Å². The van der Waals surface area contributed by atoms with Gasteiger partial charge in [0.1, 0.15) is 0 Å². The molecule has 3 aliphatic heterocycles. The van der Waals surface area contributed by atoms with E-state index in [2.05, 4.69) is 10.6 Å². The summed E-state index contributed by atoms with van der Waals surface area (Å²) in [4.78, 5) is 12.9. The van der Waals surface area contributed by atoms with Crippen molar-refractivity contribution in [1.29, 1.82) is 0 Å². The molecule has 5 aliphatic rings. The predicted molar refractivity (Wildman–Crippen MR) is 82.8 cm³/mol. The van der Waals surface area contributed by atoms with Crippen molar-refractivity contribution in [2.45, 2.75) is 70.6 Å². The maximum atomic E-state index is 12.9. The van der Waals surface area contributed by atoms with Gasteiger partial charge in [0.25, 0.3) is 0 Å². The molecule has 0 spiro atoms. The van der Waals surface area contributed by atoms with Gasteiger partial charge >= 0.3 is 144 Å². The summed E-state index contributed by atoms with van der Waals surface area (Å²) >= 11 is -1.29. The summed E-state index contributed by atoms with van der Waals surface area (Å²) in [5.41, 5.74) is -0.113. The summed E-state index contributed by atoms with van der Waals surface area (Å²) in [6.07, 6.45) is 11.2. The molecule has 2 aliphatic carbocycles. The average Bonchev–Trinajstić information content (AvgIpc) is 3.37. The Morgan fingerprint density at radius 1 is 1.10 bits per heavy atom. The number of esters is 1. The predicted octanol–water partition coefficient (Wildman–Crippen LogP) is -1.08. The normalized spacial score (nSPS) is 40.9. The number of fused-ring (bicyclic) bond motifs is 1. The Kier molecular flexibility index (Phi) is 3.15. The summed E-state index contributed by atoms with van der Waals surface area (Å²) in [6, 6.07) is 0. The molecule has 7 heteroatoms. The monoisotopic (exact) mass is 518 g/mol. The summed E-state index contributed by atoms with van der Waals surface area (Å²) in [7, 11) is 0. The van der Waals surface area contributed by atoms with Gasteiger partial charge < -0.3 is 0 Å². The number of nitrogens with one attached hydrogen (secondary N) is 3. The quantitative estimate of drug-likeness (QED) is 0.110. The molecule has 5 fully saturated rings. The molecule has 3 heterocycles. The molecule has 120 valence electrons. The third-order valence-corrected chi connectivity index (χ3v) is 14.3. The van der Waals surface area contributed by atoms with Crippen LogP contribution in [-0.4, -0.2) is 18.8 Å². The van der Waals surface area contributed by atoms with Crippen molar-refractivity contribution >= 4 is 26.3 Å². The topological polar surface area (TPSA) is 92.1 Å². The Morgan fingerprint density at radius 3 is 2.24 bits per heavy atom. The number of alkyl halides is 2. The molecule has 3 saturated heterocycles. The molecule has 0 aromatic rings. The minimum atomic E-state index is -1.08. The molecule has 5 nitrogen and oxygen atoms in total. The fourth-order valence-electron chi connectivity index (χ4n) is 4.33. The van der Waals surface area contributed by atoms with Crippen LogP contribution >= 0.6 is 20.4 Å². The minimum absolute atomic E-state index is 0.0492. The van der Waals surface area contributed by atoms with Gasteiger partial charge in [-0.25, -0.2) is 0 Å². The SMILES string of the molecule is O=C(OC1(C2CCCCC2)CCCC1)C1(C23NI2N3)N[I-]1. The Labute approximate surface area is 143 Å². The Hall–Kier alpha value is 0.810. The molecule has 1 unspecified atom stereocenters. The van der Waals surface area contributed by atoms with E-state index in [4.69, 9.17) is 4.74 Å². The molecule has 0 aromatic carbocycles. The number of hydrogen-bond acceptors (Lipinski definition) is 5. The Balaban J connectivity index is 1.35. The van der Waals surface area contributed by atoms with E-state index >= 15 is 0 Å². The number of hydrogen-bond donors (Lipinski definition) is 3. The van der Waals surface area contributed by atoms with Crippen LogP contribution in [0.25, 0.3) is 0 Å². The van der Waals surface area contributed by atoms with E-state index in [1.807, 2.05) is 0 Å². The van der Waals surface area contributed by atoms with Crippen molar-refractivity contribution in [2.24, 2.45) is 5.92 Å². The van der Waals surface area contributed by atoms with Crippen LogP contribution in [0.15, 0.2) is 0 Å². The second kappa shape index (κ2) is 4.67. The fraction of sp³-hybridized carbons (Fsp3) is 0.929. The van der Waals surface area contributed by atoms with Crippen molar-refractivity contribution < 1.29 is 31.0 Å². The Bertz CT molecular complexity index is 479. The third-order valence-electron chi connectivity index (χ3n) is 5.80. The summed E-state index contributed by atoms with van der Waals surface area (Å²) in [5, 5.41) is 0. The second-order valence-corrected chi connectivity index (χ2v) is 14.0. The first-order valence-electron chi connectivity index (χ1n) is 8.12. The van der Waals surface area contributed by atoms with Crippen LogP contribution in [0.2, 0.25) is 0 Å². The molecule has 5 rings (SSSR count). The van der Waals surface area contributed by atoms with Crippen molar-refractivity contribution in [3.05, 3.63) is 0 Å². The summed E-state index contributed by atoms with van der Waals surface area (Å²) < 4.78 is 16.6. The van der Waals surface area contributed by atoms with E-state index in [1.54, 1.807) is 0 Å². The van der Waals surface area contributed by atoms with Gasteiger partial charge in [-0.2, -0.15) is 0 Å². The average molecular weight is 518 g/mol. The van der Waals surface area contributed by atoms with Crippen LogP contribution in [0.3, 0.4) is 0 Å². The maximum absolute atomic E-state index is 12.9. The first-order chi connectivity index (χ1) is 10.2. The number of rotatable bonds is 4. The molecule has 2 saturated carbocycles. The van der Waals surface area contributed by atoms with Crippen LogP contribution < -0.4 is 32.1 Å². The molecular formula is C14H22I2N3O2-. The number of ether oxygens (including phenoxy) is 1. The van der Waals surface area contributed by atoms with Gasteiger partial charge in [-0.15, -0.1) is 0 Å². The fourth-order valence-corrected chi connectivity index (χ4v) is 14.4. The molecule has 0 amide bonds. The second-order valence-electron chi connectivity index (χ2n) is 6.97. The van der Waals surface area contributed by atoms with Gasteiger partial charge in [-0.05, 0) is 0 Å². The number of halogens is 2. The van der Waals surface area contributed by atoms with Gasteiger partial charge in [0, 0.05) is 0 Å². The van der Waals surface area contributed by atoms with Crippen molar-refractivity contribution in [1.82, 2.24) is 10.6 Å². The molecule has 21 heavy (non-hydrogen) atoms. The van der Waals surface area contributed by atoms with E-state index in [-0.39, 0.29) is 40.3 Å². The van der Waals surface area contributed by atoms with E-state index in [0.29, 0.717) is 5.92 Å². The number of carbonyl (C=O) groups is 1. The van der Waals surface area contributed by atoms with Crippen molar-refractivity contribution in [3.8, 4) is 0 Å².